The zero-order valence-electron chi connectivity index (χ0n) is 11.5. The van der Waals surface area contributed by atoms with Gasteiger partial charge in [0.15, 0.2) is 0 Å². The van der Waals surface area contributed by atoms with Crippen LogP contribution in [-0.4, -0.2) is 4.32 Å². The zero-order chi connectivity index (χ0) is 12.8. The first-order valence-corrected chi connectivity index (χ1v) is 7.25. The van der Waals surface area contributed by atoms with Gasteiger partial charge in [-0.05, 0) is 51.7 Å². The number of alkyl halides is 1. The molecule has 3 aliphatic carbocycles. The first kappa shape index (κ1) is 11.8. The molecule has 3 rings (SSSR count). The van der Waals surface area contributed by atoms with E-state index in [-0.39, 0.29) is 4.32 Å². The third-order valence-corrected chi connectivity index (χ3v) is 8.12. The second-order valence-electron chi connectivity index (χ2n) is 6.55. The first-order chi connectivity index (χ1) is 7.71. The van der Waals surface area contributed by atoms with Gasteiger partial charge in [-0.15, -0.1) is 0 Å². The van der Waals surface area contributed by atoms with Crippen molar-refractivity contribution in [3.63, 3.8) is 0 Å². The minimum Gasteiger partial charge on any atom is -0.0947 e. The molecule has 0 aromatic carbocycles. The summed E-state index contributed by atoms with van der Waals surface area (Å²) in [5, 5.41) is 0. The highest BCUT2D eigenvalue weighted by Gasteiger charge is 2.69. The molecule has 0 aromatic heterocycles. The minimum atomic E-state index is 0.231. The van der Waals surface area contributed by atoms with Crippen LogP contribution in [0.5, 0.6) is 0 Å². The molecule has 0 nitrogen and oxygen atoms in total. The van der Waals surface area contributed by atoms with Crippen molar-refractivity contribution >= 4 is 15.9 Å². The molecule has 0 radical (unpaired) electrons. The van der Waals surface area contributed by atoms with Crippen molar-refractivity contribution in [3.8, 4) is 0 Å². The largest absolute Gasteiger partial charge is 0.0947 e. The molecule has 1 fully saturated rings. The maximum Gasteiger partial charge on any atom is 0.0568 e. The molecule has 1 saturated carbocycles. The van der Waals surface area contributed by atoms with Crippen LogP contribution in [0, 0.1) is 10.8 Å². The van der Waals surface area contributed by atoms with Gasteiger partial charge < -0.3 is 0 Å². The van der Waals surface area contributed by atoms with Gasteiger partial charge in [0.1, 0.15) is 0 Å². The van der Waals surface area contributed by atoms with Crippen molar-refractivity contribution < 1.29 is 0 Å². The third-order valence-electron chi connectivity index (χ3n) is 6.37. The molecule has 17 heavy (non-hydrogen) atoms. The Morgan fingerprint density at radius 2 is 1.59 bits per heavy atom. The predicted molar refractivity (Wildman–Crippen MR) is 77.3 cm³/mol. The molecule has 0 unspecified atom stereocenters. The molecule has 0 aliphatic heterocycles. The van der Waals surface area contributed by atoms with Gasteiger partial charge in [-0.3, -0.25) is 0 Å². The maximum absolute atomic E-state index is 4.34. The van der Waals surface area contributed by atoms with E-state index >= 15 is 0 Å². The lowest BCUT2D eigenvalue weighted by atomic mass is 9.58. The highest BCUT2D eigenvalue weighted by molar-refractivity contribution is 9.10. The van der Waals surface area contributed by atoms with Crippen LogP contribution in [0.1, 0.15) is 47.5 Å². The SMILES string of the molecule is C=C1C(C)=C(C)[C@@]12C[C@@]1(C)C(C)=C(C)[C@@]1(Br)C2. The van der Waals surface area contributed by atoms with E-state index in [1.165, 1.54) is 24.0 Å². The predicted octanol–water partition coefficient (Wildman–Crippen LogP) is 5.16. The van der Waals surface area contributed by atoms with Crippen molar-refractivity contribution in [3.05, 3.63) is 34.4 Å². The molecular weight excluding hydrogens is 272 g/mol. The zero-order valence-corrected chi connectivity index (χ0v) is 13.1. The molecule has 92 valence electrons. The normalized spacial score (nSPS) is 48.5. The van der Waals surface area contributed by atoms with Crippen LogP contribution in [-0.2, 0) is 0 Å². The van der Waals surface area contributed by atoms with E-state index in [2.05, 4.69) is 57.1 Å². The minimum absolute atomic E-state index is 0.231. The monoisotopic (exact) mass is 292 g/mol. The van der Waals surface area contributed by atoms with E-state index in [0.29, 0.717) is 10.8 Å². The van der Waals surface area contributed by atoms with Gasteiger partial charge in [-0.25, -0.2) is 0 Å². The van der Waals surface area contributed by atoms with Gasteiger partial charge in [0, 0.05) is 10.8 Å². The van der Waals surface area contributed by atoms with Crippen molar-refractivity contribution in [1.29, 1.82) is 0 Å². The molecule has 0 heterocycles. The molecule has 0 bridgehead atoms. The Labute approximate surface area is 113 Å². The molecule has 3 aliphatic rings. The third kappa shape index (κ3) is 0.917. The summed E-state index contributed by atoms with van der Waals surface area (Å²) < 4.78 is 0.231. The topological polar surface area (TPSA) is 0 Å². The second kappa shape index (κ2) is 2.82. The van der Waals surface area contributed by atoms with Gasteiger partial charge in [-0.1, -0.05) is 46.2 Å². The number of fused-ring (bicyclic) bond motifs is 1. The highest BCUT2D eigenvalue weighted by Crippen LogP contribution is 2.77. The molecular formula is C16H21Br. The maximum atomic E-state index is 4.34. The molecule has 0 amide bonds. The Balaban J connectivity index is 2.10. The number of hydrogen-bond acceptors (Lipinski definition) is 0. The second-order valence-corrected chi connectivity index (χ2v) is 7.90. The summed E-state index contributed by atoms with van der Waals surface area (Å²) in [4.78, 5) is 0. The van der Waals surface area contributed by atoms with Crippen LogP contribution < -0.4 is 0 Å². The first-order valence-electron chi connectivity index (χ1n) is 6.46. The summed E-state index contributed by atoms with van der Waals surface area (Å²) in [6.45, 7) is 15.9. The lowest BCUT2D eigenvalue weighted by Crippen LogP contribution is -2.47. The fourth-order valence-electron chi connectivity index (χ4n) is 4.63. The van der Waals surface area contributed by atoms with E-state index in [0.717, 1.165) is 0 Å². The molecule has 3 atom stereocenters. The lowest BCUT2D eigenvalue weighted by molar-refractivity contribution is 0.288. The molecule has 0 aromatic rings. The summed E-state index contributed by atoms with van der Waals surface area (Å²) in [5.74, 6) is 0. The summed E-state index contributed by atoms with van der Waals surface area (Å²) in [6, 6.07) is 0. The Morgan fingerprint density at radius 1 is 1.00 bits per heavy atom. The number of halogens is 1. The molecule has 0 saturated heterocycles. The van der Waals surface area contributed by atoms with Crippen LogP contribution in [0.3, 0.4) is 0 Å². The summed E-state index contributed by atoms with van der Waals surface area (Å²) in [6.07, 6.45) is 2.46. The Kier molecular flexibility index (Phi) is 1.95. The van der Waals surface area contributed by atoms with Crippen LogP contribution >= 0.6 is 15.9 Å². The van der Waals surface area contributed by atoms with Gasteiger partial charge in [0.2, 0.25) is 0 Å². The molecule has 0 N–H and O–H groups in total. The van der Waals surface area contributed by atoms with E-state index < -0.39 is 0 Å². The van der Waals surface area contributed by atoms with Crippen LogP contribution in [0.2, 0.25) is 0 Å². The standard InChI is InChI=1S/C16H21Br/c1-9-10(2)15(11(9)3)7-14(6)12(4)13(5)16(14,17)8-15/h2,7-8H2,1,3-6H3/t14-,15+,16-/m0/s1. The fourth-order valence-corrected chi connectivity index (χ4v) is 5.84. The smallest absolute Gasteiger partial charge is 0.0568 e. The quantitative estimate of drug-likeness (QED) is 0.427. The van der Waals surface area contributed by atoms with Gasteiger partial charge in [0.25, 0.3) is 0 Å². The Bertz CT molecular complexity index is 494. The number of rotatable bonds is 0. The van der Waals surface area contributed by atoms with Crippen LogP contribution in [0.15, 0.2) is 34.4 Å². The number of allylic oxidation sites excluding steroid dienone is 5. The average molecular weight is 293 g/mol. The summed E-state index contributed by atoms with van der Waals surface area (Å²) >= 11 is 4.06. The van der Waals surface area contributed by atoms with Gasteiger partial charge in [0.05, 0.1) is 4.32 Å². The Morgan fingerprint density at radius 3 is 2.06 bits per heavy atom. The summed E-state index contributed by atoms with van der Waals surface area (Å²) in [5.41, 5.74) is 8.20. The van der Waals surface area contributed by atoms with E-state index in [1.807, 2.05) is 0 Å². The van der Waals surface area contributed by atoms with Crippen molar-refractivity contribution in [2.75, 3.05) is 0 Å². The van der Waals surface area contributed by atoms with Gasteiger partial charge in [-0.2, -0.15) is 0 Å². The Hall–Kier alpha value is -0.300. The number of hydrogen-bond donors (Lipinski definition) is 0. The van der Waals surface area contributed by atoms with Crippen LogP contribution in [0.4, 0.5) is 0 Å². The van der Waals surface area contributed by atoms with Crippen molar-refractivity contribution in [1.82, 2.24) is 0 Å². The van der Waals surface area contributed by atoms with Crippen molar-refractivity contribution in [2.24, 2.45) is 10.8 Å². The summed E-state index contributed by atoms with van der Waals surface area (Å²) in [7, 11) is 0. The molecule has 1 heteroatoms. The molecule has 1 spiro atoms. The fraction of sp³-hybridized carbons (Fsp3) is 0.625. The van der Waals surface area contributed by atoms with E-state index in [9.17, 15) is 0 Å². The van der Waals surface area contributed by atoms with Gasteiger partial charge >= 0.3 is 0 Å². The lowest BCUT2D eigenvalue weighted by Gasteiger charge is -2.52. The van der Waals surface area contributed by atoms with Crippen LogP contribution in [0.25, 0.3) is 0 Å². The van der Waals surface area contributed by atoms with E-state index in [4.69, 9.17) is 0 Å². The van der Waals surface area contributed by atoms with Crippen molar-refractivity contribution in [2.45, 2.75) is 51.8 Å². The highest BCUT2D eigenvalue weighted by atomic mass is 79.9. The van der Waals surface area contributed by atoms with E-state index in [1.54, 1.807) is 16.7 Å². The average Bonchev–Trinajstić information content (AvgIpc) is 2.56.